The van der Waals surface area contributed by atoms with Gasteiger partial charge in [0.25, 0.3) is 0 Å². The lowest BCUT2D eigenvalue weighted by Gasteiger charge is -2.34. The summed E-state index contributed by atoms with van der Waals surface area (Å²) in [5.74, 6) is -1.08. The summed E-state index contributed by atoms with van der Waals surface area (Å²) in [7, 11) is 0. The molecule has 0 unspecified atom stereocenters. The number of halogens is 1. The Morgan fingerprint density at radius 3 is 2.23 bits per heavy atom. The molecule has 0 amide bonds. The zero-order valence-corrected chi connectivity index (χ0v) is 17.3. The number of rotatable bonds is 4. The molecule has 0 atom stereocenters. The lowest BCUT2D eigenvalue weighted by Crippen LogP contribution is -2.46. The summed E-state index contributed by atoms with van der Waals surface area (Å²) in [4.78, 5) is 31.7. The minimum Gasteiger partial charge on any atom is -0.473 e. The molecule has 9 nitrogen and oxygen atoms in total. The van der Waals surface area contributed by atoms with Crippen LogP contribution in [0.25, 0.3) is 11.3 Å². The van der Waals surface area contributed by atoms with Crippen LogP contribution in [0.3, 0.4) is 0 Å². The van der Waals surface area contributed by atoms with Crippen LogP contribution < -0.4 is 4.90 Å². The van der Waals surface area contributed by atoms with Gasteiger partial charge in [-0.2, -0.15) is 0 Å². The van der Waals surface area contributed by atoms with Gasteiger partial charge in [-0.25, -0.2) is 19.6 Å². The van der Waals surface area contributed by atoms with E-state index in [1.54, 1.807) is 6.20 Å². The van der Waals surface area contributed by atoms with Crippen molar-refractivity contribution in [2.24, 2.45) is 0 Å². The molecule has 1 aliphatic heterocycles. The van der Waals surface area contributed by atoms with Gasteiger partial charge in [0.15, 0.2) is 5.76 Å². The highest BCUT2D eigenvalue weighted by Gasteiger charge is 2.19. The van der Waals surface area contributed by atoms with Gasteiger partial charge in [0.2, 0.25) is 5.89 Å². The fraction of sp³-hybridized carbons (Fsp3) is 0.238. The molecule has 1 aromatic carbocycles. The number of piperazine rings is 1. The second kappa shape index (κ2) is 10.6. The maximum atomic E-state index is 9.10. The quantitative estimate of drug-likeness (QED) is 0.585. The van der Waals surface area contributed by atoms with E-state index in [0.717, 1.165) is 55.8 Å². The number of carboxylic acid groups (broad SMARTS) is 2. The molecule has 3 aromatic rings. The van der Waals surface area contributed by atoms with E-state index in [0.29, 0.717) is 5.02 Å². The Bertz CT molecular complexity index is 990. The molecule has 1 fully saturated rings. The molecule has 1 saturated heterocycles. The van der Waals surface area contributed by atoms with Gasteiger partial charge in [-0.05, 0) is 36.4 Å². The Kier molecular flexibility index (Phi) is 7.58. The molecule has 10 heteroatoms. The van der Waals surface area contributed by atoms with E-state index in [4.69, 9.17) is 35.8 Å². The molecule has 3 heterocycles. The smallest absolute Gasteiger partial charge is 0.414 e. The number of benzene rings is 1. The maximum absolute atomic E-state index is 9.10. The lowest BCUT2D eigenvalue weighted by atomic mass is 10.2. The van der Waals surface area contributed by atoms with Crippen LogP contribution in [0.2, 0.25) is 5.02 Å². The minimum atomic E-state index is -1.82. The normalized spacial score (nSPS) is 13.9. The average Bonchev–Trinajstić information content (AvgIpc) is 3.24. The van der Waals surface area contributed by atoms with E-state index < -0.39 is 11.9 Å². The number of anilines is 1. The van der Waals surface area contributed by atoms with Crippen LogP contribution in [0.15, 0.2) is 59.3 Å². The third kappa shape index (κ3) is 6.53. The molecule has 0 aliphatic carbocycles. The van der Waals surface area contributed by atoms with E-state index in [-0.39, 0.29) is 0 Å². The first-order valence-electron chi connectivity index (χ1n) is 9.47. The third-order valence-corrected chi connectivity index (χ3v) is 4.82. The number of aliphatic carboxylic acids is 2. The van der Waals surface area contributed by atoms with Crippen LogP contribution in [0, 0.1) is 0 Å². The standard InChI is InChI=1S/C19H19ClN4O.C2H2O4/c20-16-6-4-15(5-7-16)17-13-22-19(25-17)14-23-9-11-24(12-10-23)18-3-1-2-8-21-18;3-1(4)2(5)6/h1-8,13H,9-12,14H2;(H,3,4)(H,5,6). The molecule has 1 aliphatic rings. The topological polar surface area (TPSA) is 120 Å². The molecule has 162 valence electrons. The predicted octanol–water partition coefficient (Wildman–Crippen LogP) is 2.87. The number of carboxylic acids is 2. The second-order valence-electron chi connectivity index (χ2n) is 6.69. The van der Waals surface area contributed by atoms with Crippen molar-refractivity contribution in [2.75, 3.05) is 31.1 Å². The summed E-state index contributed by atoms with van der Waals surface area (Å²) in [6.07, 6.45) is 3.62. The van der Waals surface area contributed by atoms with Gasteiger partial charge in [-0.15, -0.1) is 0 Å². The summed E-state index contributed by atoms with van der Waals surface area (Å²) in [5, 5.41) is 15.5. The Morgan fingerprint density at radius 1 is 0.968 bits per heavy atom. The zero-order valence-electron chi connectivity index (χ0n) is 16.5. The Balaban J connectivity index is 0.000000401. The number of oxazole rings is 1. The monoisotopic (exact) mass is 444 g/mol. The number of hydrogen-bond donors (Lipinski definition) is 2. The number of carbonyl (C=O) groups is 2. The fourth-order valence-corrected chi connectivity index (χ4v) is 3.12. The van der Waals surface area contributed by atoms with E-state index in [2.05, 4.69) is 25.8 Å². The molecular formula is C21H21ClN4O5. The number of hydrogen-bond acceptors (Lipinski definition) is 7. The summed E-state index contributed by atoms with van der Waals surface area (Å²) in [6.45, 7) is 4.58. The summed E-state index contributed by atoms with van der Waals surface area (Å²) in [6, 6.07) is 13.6. The Labute approximate surface area is 183 Å². The molecule has 2 aromatic heterocycles. The largest absolute Gasteiger partial charge is 0.473 e. The summed E-state index contributed by atoms with van der Waals surface area (Å²) < 4.78 is 5.90. The van der Waals surface area contributed by atoms with Crippen LogP contribution in [0.5, 0.6) is 0 Å². The molecular weight excluding hydrogens is 424 g/mol. The van der Waals surface area contributed by atoms with E-state index in [1.807, 2.05) is 42.6 Å². The molecule has 0 radical (unpaired) electrons. The molecule has 4 rings (SSSR count). The number of pyridine rings is 1. The average molecular weight is 445 g/mol. The van der Waals surface area contributed by atoms with Gasteiger partial charge >= 0.3 is 11.9 Å². The highest BCUT2D eigenvalue weighted by atomic mass is 35.5. The number of aromatic nitrogens is 2. The van der Waals surface area contributed by atoms with E-state index >= 15 is 0 Å². The third-order valence-electron chi connectivity index (χ3n) is 4.57. The van der Waals surface area contributed by atoms with Crippen molar-refractivity contribution in [2.45, 2.75) is 6.54 Å². The van der Waals surface area contributed by atoms with Crippen molar-refractivity contribution in [1.82, 2.24) is 14.9 Å². The van der Waals surface area contributed by atoms with Crippen molar-refractivity contribution in [3.05, 3.63) is 65.8 Å². The van der Waals surface area contributed by atoms with Crippen LogP contribution in [-0.4, -0.2) is 63.2 Å². The van der Waals surface area contributed by atoms with Crippen molar-refractivity contribution in [3.63, 3.8) is 0 Å². The van der Waals surface area contributed by atoms with Gasteiger partial charge in [-0.1, -0.05) is 17.7 Å². The van der Waals surface area contributed by atoms with Gasteiger partial charge in [0, 0.05) is 43.0 Å². The van der Waals surface area contributed by atoms with Crippen molar-refractivity contribution in [3.8, 4) is 11.3 Å². The molecule has 2 N–H and O–H groups in total. The summed E-state index contributed by atoms with van der Waals surface area (Å²) in [5.41, 5.74) is 0.989. The van der Waals surface area contributed by atoms with Crippen LogP contribution in [0.4, 0.5) is 5.82 Å². The predicted molar refractivity (Wildman–Crippen MR) is 114 cm³/mol. The van der Waals surface area contributed by atoms with E-state index in [9.17, 15) is 0 Å². The lowest BCUT2D eigenvalue weighted by molar-refractivity contribution is -0.159. The summed E-state index contributed by atoms with van der Waals surface area (Å²) >= 11 is 5.93. The van der Waals surface area contributed by atoms with Gasteiger partial charge in [-0.3, -0.25) is 4.90 Å². The van der Waals surface area contributed by atoms with Gasteiger partial charge < -0.3 is 19.5 Å². The van der Waals surface area contributed by atoms with Crippen LogP contribution in [0.1, 0.15) is 5.89 Å². The first-order valence-corrected chi connectivity index (χ1v) is 9.85. The first kappa shape index (κ1) is 22.3. The molecule has 31 heavy (non-hydrogen) atoms. The van der Waals surface area contributed by atoms with Crippen molar-refractivity contribution >= 4 is 29.4 Å². The Morgan fingerprint density at radius 2 is 1.65 bits per heavy atom. The zero-order chi connectivity index (χ0) is 22.2. The highest BCUT2D eigenvalue weighted by molar-refractivity contribution is 6.30. The molecule has 0 saturated carbocycles. The van der Waals surface area contributed by atoms with Gasteiger partial charge in [0.05, 0.1) is 12.7 Å². The second-order valence-corrected chi connectivity index (χ2v) is 7.12. The fourth-order valence-electron chi connectivity index (χ4n) is 3.00. The van der Waals surface area contributed by atoms with Crippen LogP contribution >= 0.6 is 11.6 Å². The Hall–Kier alpha value is -3.43. The number of nitrogens with zero attached hydrogens (tertiary/aromatic N) is 4. The SMILES string of the molecule is Clc1ccc(-c2cnc(CN3CCN(c4ccccn4)CC3)o2)cc1.O=C(O)C(=O)O. The van der Waals surface area contributed by atoms with Crippen molar-refractivity contribution in [1.29, 1.82) is 0 Å². The minimum absolute atomic E-state index is 0.717. The molecule has 0 spiro atoms. The van der Waals surface area contributed by atoms with Gasteiger partial charge in [0.1, 0.15) is 5.82 Å². The van der Waals surface area contributed by atoms with E-state index in [1.165, 1.54) is 0 Å². The maximum Gasteiger partial charge on any atom is 0.414 e. The molecule has 0 bridgehead atoms. The van der Waals surface area contributed by atoms with Crippen molar-refractivity contribution < 1.29 is 24.2 Å². The highest BCUT2D eigenvalue weighted by Crippen LogP contribution is 2.23. The first-order chi connectivity index (χ1) is 14.9. The van der Waals surface area contributed by atoms with Crippen LogP contribution in [-0.2, 0) is 16.1 Å².